The molecular formula is C22H28N4O3S. The highest BCUT2D eigenvalue weighted by Crippen LogP contribution is 2.39. The first-order chi connectivity index (χ1) is 14.5. The summed E-state index contributed by atoms with van der Waals surface area (Å²) in [4.78, 5) is 28.8. The summed E-state index contributed by atoms with van der Waals surface area (Å²) in [5, 5.41) is 6.35. The predicted molar refractivity (Wildman–Crippen MR) is 114 cm³/mol. The first kappa shape index (κ1) is 20.9. The number of hydrogen-bond acceptors (Lipinski definition) is 7. The van der Waals surface area contributed by atoms with Crippen LogP contribution in [0.3, 0.4) is 0 Å². The quantitative estimate of drug-likeness (QED) is 0.681. The molecule has 2 aromatic rings. The minimum Gasteiger partial charge on any atom is -0.469 e. The fourth-order valence-corrected chi connectivity index (χ4v) is 5.14. The van der Waals surface area contributed by atoms with Crippen molar-refractivity contribution in [2.75, 3.05) is 39.8 Å². The molecule has 0 bridgehead atoms. The number of rotatable bonds is 5. The molecule has 2 fully saturated rings. The maximum absolute atomic E-state index is 12.9. The number of carbonyl (C=O) groups excluding carboxylic acids is 2. The second-order valence-electron chi connectivity index (χ2n) is 8.33. The van der Waals surface area contributed by atoms with E-state index < -0.39 is 0 Å². The predicted octanol–water partition coefficient (Wildman–Crippen LogP) is 2.44. The summed E-state index contributed by atoms with van der Waals surface area (Å²) in [6, 6.07) is 8.67. The number of likely N-dealkylation sites (tertiary alicyclic amines) is 2. The van der Waals surface area contributed by atoms with Gasteiger partial charge in [0.1, 0.15) is 0 Å². The van der Waals surface area contributed by atoms with Gasteiger partial charge < -0.3 is 9.64 Å². The Morgan fingerprint density at radius 3 is 2.47 bits per heavy atom. The van der Waals surface area contributed by atoms with Gasteiger partial charge in [0, 0.05) is 43.4 Å². The molecule has 0 aliphatic carbocycles. The van der Waals surface area contributed by atoms with Gasteiger partial charge in [-0.25, -0.2) is 0 Å². The second-order valence-corrected chi connectivity index (χ2v) is 8.94. The lowest BCUT2D eigenvalue weighted by Crippen LogP contribution is -2.45. The summed E-state index contributed by atoms with van der Waals surface area (Å²) in [7, 11) is 1.42. The van der Waals surface area contributed by atoms with E-state index in [1.807, 2.05) is 10.3 Å². The SMILES string of the molecule is COC(=O)C1CCN(C(=O)CN2C[C@@H](c3ccc(C)cc3)[C@H](c3csnn3)C2)CC1. The number of aryl methyl sites for hydroxylation is 1. The molecule has 2 aliphatic heterocycles. The van der Waals surface area contributed by atoms with Crippen molar-refractivity contribution < 1.29 is 14.3 Å². The van der Waals surface area contributed by atoms with Crippen molar-refractivity contribution in [2.45, 2.75) is 31.6 Å². The molecule has 2 aliphatic rings. The molecule has 2 atom stereocenters. The van der Waals surface area contributed by atoms with Gasteiger partial charge in [-0.1, -0.05) is 34.3 Å². The van der Waals surface area contributed by atoms with Crippen LogP contribution >= 0.6 is 11.5 Å². The Morgan fingerprint density at radius 2 is 1.83 bits per heavy atom. The van der Waals surface area contributed by atoms with Crippen molar-refractivity contribution >= 4 is 23.4 Å². The topological polar surface area (TPSA) is 75.6 Å². The van der Waals surface area contributed by atoms with E-state index in [0.29, 0.717) is 38.4 Å². The largest absolute Gasteiger partial charge is 0.469 e. The van der Waals surface area contributed by atoms with Crippen LogP contribution in [0.2, 0.25) is 0 Å². The molecule has 7 nitrogen and oxygen atoms in total. The van der Waals surface area contributed by atoms with Crippen LogP contribution in [0.25, 0.3) is 0 Å². The van der Waals surface area contributed by atoms with E-state index in [2.05, 4.69) is 45.7 Å². The van der Waals surface area contributed by atoms with Gasteiger partial charge in [-0.05, 0) is 36.9 Å². The minimum absolute atomic E-state index is 0.0849. The Hall–Kier alpha value is -2.32. The van der Waals surface area contributed by atoms with Gasteiger partial charge >= 0.3 is 5.97 Å². The molecule has 0 spiro atoms. The van der Waals surface area contributed by atoms with Crippen LogP contribution in [-0.4, -0.2) is 71.1 Å². The van der Waals surface area contributed by atoms with Crippen molar-refractivity contribution in [1.29, 1.82) is 0 Å². The summed E-state index contributed by atoms with van der Waals surface area (Å²) < 4.78 is 8.90. The van der Waals surface area contributed by atoms with Gasteiger partial charge in [-0.15, -0.1) is 5.10 Å². The van der Waals surface area contributed by atoms with Crippen molar-refractivity contribution in [1.82, 2.24) is 19.4 Å². The molecular weight excluding hydrogens is 400 g/mol. The molecule has 0 radical (unpaired) electrons. The summed E-state index contributed by atoms with van der Waals surface area (Å²) in [5.74, 6) is 0.426. The maximum Gasteiger partial charge on any atom is 0.308 e. The highest BCUT2D eigenvalue weighted by atomic mass is 32.1. The molecule has 160 valence electrons. The molecule has 30 heavy (non-hydrogen) atoms. The van der Waals surface area contributed by atoms with Crippen LogP contribution < -0.4 is 0 Å². The van der Waals surface area contributed by atoms with E-state index in [0.717, 1.165) is 18.8 Å². The molecule has 2 saturated heterocycles. The van der Waals surface area contributed by atoms with E-state index >= 15 is 0 Å². The number of benzene rings is 1. The number of hydrogen-bond donors (Lipinski definition) is 0. The highest BCUT2D eigenvalue weighted by Gasteiger charge is 2.38. The monoisotopic (exact) mass is 428 g/mol. The Bertz CT molecular complexity index is 863. The van der Waals surface area contributed by atoms with Crippen LogP contribution in [0.5, 0.6) is 0 Å². The van der Waals surface area contributed by atoms with Crippen LogP contribution in [-0.2, 0) is 14.3 Å². The summed E-state index contributed by atoms with van der Waals surface area (Å²) >= 11 is 1.38. The average molecular weight is 429 g/mol. The third kappa shape index (κ3) is 4.54. The average Bonchev–Trinajstić information content (AvgIpc) is 3.44. The molecule has 0 N–H and O–H groups in total. The zero-order chi connectivity index (χ0) is 21.1. The summed E-state index contributed by atoms with van der Waals surface area (Å²) in [6.07, 6.45) is 1.36. The Kier molecular flexibility index (Phi) is 6.43. The molecule has 1 aromatic carbocycles. The normalized spacial score (nSPS) is 22.9. The lowest BCUT2D eigenvalue weighted by atomic mass is 9.87. The van der Waals surface area contributed by atoms with Crippen LogP contribution in [0.1, 0.15) is 41.5 Å². The second kappa shape index (κ2) is 9.22. The maximum atomic E-state index is 12.9. The molecule has 8 heteroatoms. The van der Waals surface area contributed by atoms with E-state index in [1.165, 1.54) is 29.8 Å². The van der Waals surface area contributed by atoms with Crippen LogP contribution in [0, 0.1) is 12.8 Å². The molecule has 4 rings (SSSR count). The number of piperidine rings is 1. The summed E-state index contributed by atoms with van der Waals surface area (Å²) in [6.45, 7) is 5.36. The number of aromatic nitrogens is 2. The minimum atomic E-state index is -0.165. The van der Waals surface area contributed by atoms with Crippen molar-refractivity contribution in [3.05, 3.63) is 46.5 Å². The van der Waals surface area contributed by atoms with E-state index in [1.54, 1.807) is 0 Å². The van der Waals surface area contributed by atoms with E-state index in [4.69, 9.17) is 4.74 Å². The molecule has 0 saturated carbocycles. The Morgan fingerprint density at radius 1 is 1.13 bits per heavy atom. The lowest BCUT2D eigenvalue weighted by molar-refractivity contribution is -0.149. The van der Waals surface area contributed by atoms with Crippen molar-refractivity contribution in [3.63, 3.8) is 0 Å². The number of esters is 1. The van der Waals surface area contributed by atoms with E-state index in [9.17, 15) is 9.59 Å². The van der Waals surface area contributed by atoms with Gasteiger partial charge in [0.2, 0.25) is 5.91 Å². The van der Waals surface area contributed by atoms with Gasteiger partial charge in [0.05, 0.1) is 25.3 Å². The smallest absolute Gasteiger partial charge is 0.308 e. The highest BCUT2D eigenvalue weighted by molar-refractivity contribution is 7.03. The van der Waals surface area contributed by atoms with Gasteiger partial charge in [0.25, 0.3) is 0 Å². The fraction of sp³-hybridized carbons (Fsp3) is 0.545. The standard InChI is InChI=1S/C22H28N4O3S/c1-15-3-5-16(6-4-15)18-11-25(12-19(18)20-14-30-24-23-20)13-21(27)26-9-7-17(8-10-26)22(28)29-2/h3-6,14,17-19H,7-13H2,1-2H3/t18-,19+/m0/s1. The number of ether oxygens (including phenoxy) is 1. The number of amides is 1. The number of nitrogens with zero attached hydrogens (tertiary/aromatic N) is 4. The van der Waals surface area contributed by atoms with Gasteiger partial charge in [-0.3, -0.25) is 14.5 Å². The third-order valence-electron chi connectivity index (χ3n) is 6.40. The zero-order valence-corrected chi connectivity index (χ0v) is 18.3. The first-order valence-corrected chi connectivity index (χ1v) is 11.3. The fourth-order valence-electron chi connectivity index (χ4n) is 4.62. The van der Waals surface area contributed by atoms with Crippen molar-refractivity contribution in [3.8, 4) is 0 Å². The van der Waals surface area contributed by atoms with Crippen LogP contribution in [0.15, 0.2) is 29.6 Å². The summed E-state index contributed by atoms with van der Waals surface area (Å²) in [5.41, 5.74) is 3.54. The number of carbonyl (C=O) groups is 2. The lowest BCUT2D eigenvalue weighted by Gasteiger charge is -2.32. The number of methoxy groups -OCH3 is 1. The van der Waals surface area contributed by atoms with Crippen LogP contribution in [0.4, 0.5) is 0 Å². The molecule has 1 amide bonds. The Labute approximate surface area is 181 Å². The zero-order valence-electron chi connectivity index (χ0n) is 17.5. The third-order valence-corrected chi connectivity index (χ3v) is 6.92. The van der Waals surface area contributed by atoms with Gasteiger partial charge in [0.15, 0.2) is 0 Å². The molecule has 1 aromatic heterocycles. The van der Waals surface area contributed by atoms with E-state index in [-0.39, 0.29) is 23.7 Å². The molecule has 0 unspecified atom stereocenters. The molecule has 3 heterocycles. The first-order valence-electron chi connectivity index (χ1n) is 10.5. The Balaban J connectivity index is 1.40. The van der Waals surface area contributed by atoms with Gasteiger partial charge in [-0.2, -0.15) is 0 Å². The van der Waals surface area contributed by atoms with Crippen molar-refractivity contribution in [2.24, 2.45) is 5.92 Å².